The van der Waals surface area contributed by atoms with Crippen molar-refractivity contribution >= 4 is 5.78 Å². The Bertz CT molecular complexity index is 294. The maximum atomic E-state index is 11.6. The molecule has 0 saturated carbocycles. The van der Waals surface area contributed by atoms with E-state index in [1.165, 1.54) is 0 Å². The summed E-state index contributed by atoms with van der Waals surface area (Å²) < 4.78 is 34.8. The van der Waals surface area contributed by atoms with Crippen LogP contribution in [0.15, 0.2) is 12.2 Å². The van der Waals surface area contributed by atoms with Gasteiger partial charge in [0.25, 0.3) is 0 Å². The number of rotatable bonds is 1. The fourth-order valence-electron chi connectivity index (χ4n) is 0.461. The number of carbonyl (C=O) groups excluding carboxylic acids is 1. The summed E-state index contributed by atoms with van der Waals surface area (Å²) in [6, 6.07) is 0. The standard InChI is InChI=1S/C10H11F3O/c1-9(2,3)6-4-8(14)5-7-10(11,12)13/h5,7H,1-3H3/b7-5+. The van der Waals surface area contributed by atoms with Crippen molar-refractivity contribution < 1.29 is 18.0 Å². The molecule has 1 nitrogen and oxygen atoms in total. The summed E-state index contributed by atoms with van der Waals surface area (Å²) in [5.74, 6) is 3.82. The van der Waals surface area contributed by atoms with Gasteiger partial charge in [-0.2, -0.15) is 13.2 Å². The third-order valence-corrected chi connectivity index (χ3v) is 0.984. The molecule has 0 aliphatic carbocycles. The molecule has 0 fully saturated rings. The zero-order valence-electron chi connectivity index (χ0n) is 8.20. The minimum absolute atomic E-state index is 0.118. The van der Waals surface area contributed by atoms with Crippen LogP contribution in [0.3, 0.4) is 0 Å². The van der Waals surface area contributed by atoms with E-state index in [9.17, 15) is 18.0 Å². The quantitative estimate of drug-likeness (QED) is 0.364. The number of hydrogen-bond acceptors (Lipinski definition) is 1. The van der Waals surface area contributed by atoms with Gasteiger partial charge in [-0.15, -0.1) is 0 Å². The molecule has 0 aliphatic rings. The first-order valence-electron chi connectivity index (χ1n) is 3.93. The first kappa shape index (κ1) is 12.8. The molecule has 0 aliphatic heterocycles. The molecular weight excluding hydrogens is 193 g/mol. The maximum Gasteiger partial charge on any atom is 0.409 e. The van der Waals surface area contributed by atoms with E-state index in [-0.39, 0.29) is 11.5 Å². The van der Waals surface area contributed by atoms with Crippen molar-refractivity contribution in [3.8, 4) is 11.8 Å². The van der Waals surface area contributed by atoms with Crippen molar-refractivity contribution in [2.75, 3.05) is 0 Å². The highest BCUT2D eigenvalue weighted by Crippen LogP contribution is 2.15. The summed E-state index contributed by atoms with van der Waals surface area (Å²) in [5.41, 5.74) is -0.387. The van der Waals surface area contributed by atoms with E-state index in [0.717, 1.165) is 0 Å². The molecule has 0 aromatic rings. The van der Waals surface area contributed by atoms with Crippen LogP contribution in [0.1, 0.15) is 20.8 Å². The molecule has 14 heavy (non-hydrogen) atoms. The number of hydrogen-bond donors (Lipinski definition) is 0. The van der Waals surface area contributed by atoms with Gasteiger partial charge in [-0.3, -0.25) is 4.79 Å². The van der Waals surface area contributed by atoms with Gasteiger partial charge >= 0.3 is 6.18 Å². The second kappa shape index (κ2) is 4.32. The van der Waals surface area contributed by atoms with Gasteiger partial charge in [0.1, 0.15) is 0 Å². The second-order valence-corrected chi connectivity index (χ2v) is 3.74. The molecule has 4 heteroatoms. The third kappa shape index (κ3) is 8.85. The Morgan fingerprint density at radius 2 is 1.71 bits per heavy atom. The molecule has 0 unspecified atom stereocenters. The smallest absolute Gasteiger partial charge is 0.280 e. The summed E-state index contributed by atoms with van der Waals surface area (Å²) in [6.45, 7) is 5.29. The van der Waals surface area contributed by atoms with Gasteiger partial charge in [0, 0.05) is 11.5 Å². The number of alkyl halides is 3. The minimum atomic E-state index is -4.46. The number of allylic oxidation sites excluding steroid dienone is 2. The monoisotopic (exact) mass is 204 g/mol. The molecule has 0 radical (unpaired) electrons. The molecule has 0 aromatic heterocycles. The van der Waals surface area contributed by atoms with Crippen molar-refractivity contribution in [2.24, 2.45) is 5.41 Å². The lowest BCUT2D eigenvalue weighted by molar-refractivity contribution is -0.110. The molecule has 78 valence electrons. The fraction of sp³-hybridized carbons (Fsp3) is 0.500. The zero-order chi connectivity index (χ0) is 11.4. The average Bonchev–Trinajstić information content (AvgIpc) is 1.94. The van der Waals surface area contributed by atoms with E-state index in [0.29, 0.717) is 6.08 Å². The summed E-state index contributed by atoms with van der Waals surface area (Å²) in [7, 11) is 0. The van der Waals surface area contributed by atoms with Crippen LogP contribution in [0, 0.1) is 17.3 Å². The molecule has 0 heterocycles. The van der Waals surface area contributed by atoms with Crippen LogP contribution in [0.2, 0.25) is 0 Å². The largest absolute Gasteiger partial charge is 0.409 e. The second-order valence-electron chi connectivity index (χ2n) is 3.74. The highest BCUT2D eigenvalue weighted by atomic mass is 19.4. The average molecular weight is 204 g/mol. The number of ketones is 1. The van der Waals surface area contributed by atoms with E-state index < -0.39 is 12.0 Å². The molecule has 0 bridgehead atoms. The predicted octanol–water partition coefficient (Wildman–Crippen LogP) is 2.72. The lowest BCUT2D eigenvalue weighted by Crippen LogP contribution is -2.03. The molecule has 0 atom stereocenters. The Morgan fingerprint density at radius 3 is 2.07 bits per heavy atom. The Balaban J connectivity index is 4.38. The molecule has 0 saturated heterocycles. The maximum absolute atomic E-state index is 11.6. The highest BCUT2D eigenvalue weighted by Gasteiger charge is 2.22. The van der Waals surface area contributed by atoms with E-state index >= 15 is 0 Å². The summed E-state index contributed by atoms with van der Waals surface area (Å²) >= 11 is 0. The van der Waals surface area contributed by atoms with Crippen LogP contribution in [0.5, 0.6) is 0 Å². The predicted molar refractivity (Wildman–Crippen MR) is 47.4 cm³/mol. The Labute approximate surface area is 81.0 Å². The summed E-state index contributed by atoms with van der Waals surface area (Å²) in [4.78, 5) is 10.8. The lowest BCUT2D eigenvalue weighted by atomic mass is 9.98. The molecule has 0 spiro atoms. The van der Waals surface area contributed by atoms with Gasteiger partial charge in [-0.25, -0.2) is 0 Å². The number of carbonyl (C=O) groups is 1. The van der Waals surface area contributed by atoms with Gasteiger partial charge in [-0.05, 0) is 32.8 Å². The lowest BCUT2D eigenvalue weighted by Gasteiger charge is -2.05. The normalized spacial score (nSPS) is 12.4. The minimum Gasteiger partial charge on any atom is -0.280 e. The molecular formula is C10H11F3O. The van der Waals surface area contributed by atoms with Crippen molar-refractivity contribution in [1.29, 1.82) is 0 Å². The van der Waals surface area contributed by atoms with E-state index in [2.05, 4.69) is 11.8 Å². The van der Waals surface area contributed by atoms with Crippen molar-refractivity contribution in [3.05, 3.63) is 12.2 Å². The SMILES string of the molecule is CC(C)(C)C#CC(=O)/C=C/C(F)(F)F. The highest BCUT2D eigenvalue weighted by molar-refractivity contribution is 6.04. The molecule has 0 rings (SSSR count). The van der Waals surface area contributed by atoms with Crippen LogP contribution >= 0.6 is 0 Å². The third-order valence-electron chi connectivity index (χ3n) is 0.984. The van der Waals surface area contributed by atoms with Crippen molar-refractivity contribution in [1.82, 2.24) is 0 Å². The molecule has 0 amide bonds. The van der Waals surface area contributed by atoms with Gasteiger partial charge < -0.3 is 0 Å². The van der Waals surface area contributed by atoms with Crippen LogP contribution < -0.4 is 0 Å². The van der Waals surface area contributed by atoms with Gasteiger partial charge in [-0.1, -0.05) is 5.92 Å². The van der Waals surface area contributed by atoms with Crippen LogP contribution in [-0.2, 0) is 4.79 Å². The fourth-order valence-corrected chi connectivity index (χ4v) is 0.461. The van der Waals surface area contributed by atoms with Crippen LogP contribution in [-0.4, -0.2) is 12.0 Å². The zero-order valence-corrected chi connectivity index (χ0v) is 8.20. The van der Waals surface area contributed by atoms with E-state index in [1.807, 2.05) is 0 Å². The Kier molecular flexibility index (Phi) is 3.93. The van der Waals surface area contributed by atoms with Crippen molar-refractivity contribution in [2.45, 2.75) is 26.9 Å². The number of halogens is 3. The first-order valence-corrected chi connectivity index (χ1v) is 3.93. The van der Waals surface area contributed by atoms with E-state index in [4.69, 9.17) is 0 Å². The summed E-state index contributed by atoms with van der Waals surface area (Å²) in [5, 5.41) is 0. The van der Waals surface area contributed by atoms with Gasteiger partial charge in [0.15, 0.2) is 0 Å². The topological polar surface area (TPSA) is 17.1 Å². The molecule has 0 aromatic carbocycles. The van der Waals surface area contributed by atoms with Gasteiger partial charge in [0.05, 0.1) is 0 Å². The van der Waals surface area contributed by atoms with Crippen molar-refractivity contribution in [3.63, 3.8) is 0 Å². The van der Waals surface area contributed by atoms with Crippen LogP contribution in [0.25, 0.3) is 0 Å². The summed E-state index contributed by atoms with van der Waals surface area (Å²) in [6.07, 6.45) is -4.15. The van der Waals surface area contributed by atoms with Gasteiger partial charge in [0.2, 0.25) is 5.78 Å². The Hall–Kier alpha value is -1.24. The molecule has 0 N–H and O–H groups in total. The van der Waals surface area contributed by atoms with E-state index in [1.54, 1.807) is 20.8 Å². The Morgan fingerprint density at radius 1 is 1.21 bits per heavy atom. The van der Waals surface area contributed by atoms with Crippen LogP contribution in [0.4, 0.5) is 13.2 Å². The first-order chi connectivity index (χ1) is 6.10.